The Morgan fingerprint density at radius 1 is 1.12 bits per heavy atom. The van der Waals surface area contributed by atoms with Crippen LogP contribution in [0.25, 0.3) is 22.4 Å². The number of nitrogens with zero attached hydrogens (tertiary/aromatic N) is 1. The lowest BCUT2D eigenvalue weighted by Crippen LogP contribution is -1.93. The van der Waals surface area contributed by atoms with Crippen LogP contribution in [0.15, 0.2) is 36.4 Å². The van der Waals surface area contributed by atoms with Crippen molar-refractivity contribution in [3.63, 3.8) is 0 Å². The van der Waals surface area contributed by atoms with Crippen molar-refractivity contribution >= 4 is 11.6 Å². The number of hydrogen-bond donors (Lipinski definition) is 2. The van der Waals surface area contributed by atoms with Crippen molar-refractivity contribution in [1.82, 2.24) is 10.2 Å². The Labute approximate surface area is 150 Å². The van der Waals surface area contributed by atoms with Gasteiger partial charge in [0.2, 0.25) is 6.79 Å². The number of phenols is 1. The third kappa shape index (κ3) is 2.70. The minimum Gasteiger partial charge on any atom is -0.507 e. The topological polar surface area (TPSA) is 67.4 Å². The van der Waals surface area contributed by atoms with E-state index >= 15 is 0 Å². The summed E-state index contributed by atoms with van der Waals surface area (Å²) in [6.45, 7) is 4.40. The molecular formula is C19H17ClN2O3. The largest absolute Gasteiger partial charge is 0.507 e. The molecule has 3 aromatic rings. The molecule has 0 bridgehead atoms. The average Bonchev–Trinajstić information content (AvgIpc) is 3.22. The molecule has 0 saturated heterocycles. The van der Waals surface area contributed by atoms with E-state index in [-0.39, 0.29) is 18.5 Å². The van der Waals surface area contributed by atoms with E-state index in [4.69, 9.17) is 21.1 Å². The molecule has 5 nitrogen and oxygen atoms in total. The number of aromatic nitrogens is 2. The zero-order valence-corrected chi connectivity index (χ0v) is 14.6. The molecule has 2 aromatic carbocycles. The van der Waals surface area contributed by atoms with Crippen LogP contribution >= 0.6 is 11.6 Å². The van der Waals surface area contributed by atoms with Crippen LogP contribution < -0.4 is 9.47 Å². The first-order chi connectivity index (χ1) is 12.0. The van der Waals surface area contributed by atoms with Crippen LogP contribution in [-0.2, 0) is 0 Å². The van der Waals surface area contributed by atoms with Crippen molar-refractivity contribution in [2.45, 2.75) is 19.8 Å². The molecule has 4 rings (SSSR count). The highest BCUT2D eigenvalue weighted by Gasteiger charge is 2.23. The Morgan fingerprint density at radius 2 is 1.92 bits per heavy atom. The monoisotopic (exact) mass is 356 g/mol. The Kier molecular flexibility index (Phi) is 3.81. The molecule has 2 heterocycles. The number of phenolic OH excluding ortho intramolecular Hbond substituents is 1. The van der Waals surface area contributed by atoms with Gasteiger partial charge in [-0.25, -0.2) is 0 Å². The molecule has 0 radical (unpaired) electrons. The number of fused-ring (bicyclic) bond motifs is 1. The predicted molar refractivity (Wildman–Crippen MR) is 96.3 cm³/mol. The van der Waals surface area contributed by atoms with E-state index in [0.29, 0.717) is 22.0 Å². The van der Waals surface area contributed by atoms with E-state index in [9.17, 15) is 5.11 Å². The Balaban J connectivity index is 1.94. The van der Waals surface area contributed by atoms with Crippen LogP contribution in [0.1, 0.15) is 25.5 Å². The van der Waals surface area contributed by atoms with Gasteiger partial charge in [0, 0.05) is 21.8 Å². The number of halogens is 1. The summed E-state index contributed by atoms with van der Waals surface area (Å²) in [7, 11) is 0. The number of hydrogen-bond acceptors (Lipinski definition) is 4. The quantitative estimate of drug-likeness (QED) is 0.696. The molecule has 6 heteroatoms. The molecule has 128 valence electrons. The minimum absolute atomic E-state index is 0.133. The maximum absolute atomic E-state index is 10.3. The molecule has 0 atom stereocenters. The van der Waals surface area contributed by atoms with E-state index in [0.717, 1.165) is 22.6 Å². The van der Waals surface area contributed by atoms with Crippen LogP contribution in [0.2, 0.25) is 5.02 Å². The van der Waals surface area contributed by atoms with Crippen molar-refractivity contribution in [1.29, 1.82) is 0 Å². The Hall–Kier alpha value is -2.66. The average molecular weight is 357 g/mol. The SMILES string of the molecule is CC(C)c1[nH]nc(-c2cc(Cl)ccc2O)c1-c1ccc2c(c1)OCO2. The van der Waals surface area contributed by atoms with Crippen molar-refractivity contribution in [2.75, 3.05) is 6.79 Å². The maximum Gasteiger partial charge on any atom is 0.231 e. The number of aromatic hydroxyl groups is 1. The van der Waals surface area contributed by atoms with E-state index in [1.807, 2.05) is 18.2 Å². The van der Waals surface area contributed by atoms with Gasteiger partial charge in [-0.2, -0.15) is 5.10 Å². The molecule has 1 aromatic heterocycles. The van der Waals surface area contributed by atoms with Gasteiger partial charge in [-0.3, -0.25) is 5.10 Å². The van der Waals surface area contributed by atoms with E-state index in [2.05, 4.69) is 24.0 Å². The third-order valence-corrected chi connectivity index (χ3v) is 4.48. The van der Waals surface area contributed by atoms with Crippen LogP contribution in [0.5, 0.6) is 17.2 Å². The van der Waals surface area contributed by atoms with Crippen molar-refractivity contribution < 1.29 is 14.6 Å². The van der Waals surface area contributed by atoms with Gasteiger partial charge in [-0.15, -0.1) is 0 Å². The third-order valence-electron chi connectivity index (χ3n) is 4.25. The summed E-state index contributed by atoms with van der Waals surface area (Å²) in [5.41, 5.74) is 4.08. The Bertz CT molecular complexity index is 950. The van der Waals surface area contributed by atoms with Gasteiger partial charge in [0.15, 0.2) is 11.5 Å². The number of rotatable bonds is 3. The molecule has 0 spiro atoms. The number of ether oxygens (including phenoxy) is 2. The van der Waals surface area contributed by atoms with Crippen molar-refractivity contribution in [3.05, 3.63) is 47.1 Å². The maximum atomic E-state index is 10.3. The number of H-pyrrole nitrogens is 1. The first kappa shape index (κ1) is 15.8. The molecular weight excluding hydrogens is 340 g/mol. The minimum atomic E-state index is 0.133. The van der Waals surface area contributed by atoms with Gasteiger partial charge in [0.25, 0.3) is 0 Å². The van der Waals surface area contributed by atoms with Crippen molar-refractivity contribution in [3.8, 4) is 39.6 Å². The molecule has 1 aliphatic heterocycles. The lowest BCUT2D eigenvalue weighted by atomic mass is 9.94. The van der Waals surface area contributed by atoms with Gasteiger partial charge in [-0.05, 0) is 41.8 Å². The Morgan fingerprint density at radius 3 is 2.72 bits per heavy atom. The van der Waals surface area contributed by atoms with E-state index < -0.39 is 0 Å². The summed E-state index contributed by atoms with van der Waals surface area (Å²) >= 11 is 6.13. The molecule has 2 N–H and O–H groups in total. The first-order valence-electron chi connectivity index (χ1n) is 8.01. The van der Waals surface area contributed by atoms with E-state index in [1.54, 1.807) is 18.2 Å². The second-order valence-electron chi connectivity index (χ2n) is 6.25. The highest BCUT2D eigenvalue weighted by molar-refractivity contribution is 6.31. The molecule has 0 saturated carbocycles. The van der Waals surface area contributed by atoms with Gasteiger partial charge >= 0.3 is 0 Å². The summed E-state index contributed by atoms with van der Waals surface area (Å²) in [5, 5.41) is 18.4. The summed E-state index contributed by atoms with van der Waals surface area (Å²) in [5.74, 6) is 1.79. The number of aromatic amines is 1. The second-order valence-corrected chi connectivity index (χ2v) is 6.68. The molecule has 1 aliphatic rings. The van der Waals surface area contributed by atoms with Crippen molar-refractivity contribution in [2.24, 2.45) is 0 Å². The molecule has 0 aliphatic carbocycles. The van der Waals surface area contributed by atoms with Crippen LogP contribution in [0, 0.1) is 0 Å². The number of benzene rings is 2. The molecule has 25 heavy (non-hydrogen) atoms. The highest BCUT2D eigenvalue weighted by atomic mass is 35.5. The van der Waals surface area contributed by atoms with Crippen LogP contribution in [-0.4, -0.2) is 22.1 Å². The highest BCUT2D eigenvalue weighted by Crippen LogP contribution is 2.43. The van der Waals surface area contributed by atoms with Gasteiger partial charge < -0.3 is 14.6 Å². The van der Waals surface area contributed by atoms with Crippen LogP contribution in [0.3, 0.4) is 0 Å². The van der Waals surface area contributed by atoms with E-state index in [1.165, 1.54) is 0 Å². The second kappa shape index (κ2) is 6.01. The van der Waals surface area contributed by atoms with Gasteiger partial charge in [0.1, 0.15) is 11.4 Å². The molecule has 0 unspecified atom stereocenters. The summed E-state index contributed by atoms with van der Waals surface area (Å²) in [6.07, 6.45) is 0. The fourth-order valence-corrected chi connectivity index (χ4v) is 3.18. The summed E-state index contributed by atoms with van der Waals surface area (Å²) in [6, 6.07) is 10.7. The lowest BCUT2D eigenvalue weighted by Gasteiger charge is -2.11. The summed E-state index contributed by atoms with van der Waals surface area (Å²) < 4.78 is 10.9. The fourth-order valence-electron chi connectivity index (χ4n) is 3.01. The molecule has 0 fully saturated rings. The lowest BCUT2D eigenvalue weighted by molar-refractivity contribution is 0.174. The number of nitrogens with one attached hydrogen (secondary N) is 1. The normalized spacial score (nSPS) is 12.8. The summed E-state index contributed by atoms with van der Waals surface area (Å²) in [4.78, 5) is 0. The smallest absolute Gasteiger partial charge is 0.231 e. The van der Waals surface area contributed by atoms with Gasteiger partial charge in [-0.1, -0.05) is 31.5 Å². The predicted octanol–water partition coefficient (Wildman–Crippen LogP) is 4.95. The molecule has 0 amide bonds. The standard InChI is InChI=1S/C19H17ClN2O3/c1-10(2)18-17(11-3-6-15-16(7-11)25-9-24-15)19(22-21-18)13-8-12(20)4-5-14(13)23/h3-8,10,23H,9H2,1-2H3,(H,21,22). The zero-order chi connectivity index (χ0) is 17.6. The fraction of sp³-hybridized carbons (Fsp3) is 0.211. The zero-order valence-electron chi connectivity index (χ0n) is 13.8. The first-order valence-corrected chi connectivity index (χ1v) is 8.39. The van der Waals surface area contributed by atoms with Crippen LogP contribution in [0.4, 0.5) is 0 Å². The van der Waals surface area contributed by atoms with Gasteiger partial charge in [0.05, 0.1) is 0 Å².